The van der Waals surface area contributed by atoms with E-state index in [4.69, 9.17) is 4.42 Å². The number of para-hydroxylation sites is 1. The van der Waals surface area contributed by atoms with E-state index in [0.717, 1.165) is 6.54 Å². The van der Waals surface area contributed by atoms with Crippen LogP contribution in [-0.2, 0) is 0 Å². The summed E-state index contributed by atoms with van der Waals surface area (Å²) < 4.78 is 5.86. The van der Waals surface area contributed by atoms with Crippen LogP contribution in [0.3, 0.4) is 0 Å². The van der Waals surface area contributed by atoms with Crippen LogP contribution >= 0.6 is 0 Å². The number of carbonyl (C=O) groups is 1. The molecule has 154 valence electrons. The molecule has 0 aliphatic carbocycles. The fraction of sp³-hybridized carbons (Fsp3) is 0.273. The third kappa shape index (κ3) is 3.35. The SMILES string of the molecule is CN(C)CCCN1C(=O)c2oc3ccccc3c(=O)c2[C@@H]1c1ccc([N+](=O)[O-])cc1. The molecule has 0 radical (unpaired) electrons. The summed E-state index contributed by atoms with van der Waals surface area (Å²) >= 11 is 0. The van der Waals surface area contributed by atoms with E-state index in [0.29, 0.717) is 29.5 Å². The lowest BCUT2D eigenvalue weighted by molar-refractivity contribution is -0.384. The highest BCUT2D eigenvalue weighted by Crippen LogP contribution is 2.38. The zero-order chi connectivity index (χ0) is 21.4. The largest absolute Gasteiger partial charge is 0.450 e. The Kier molecular flexibility index (Phi) is 5.09. The number of nitrogens with zero attached hydrogens (tertiary/aromatic N) is 3. The lowest BCUT2D eigenvalue weighted by Crippen LogP contribution is -2.32. The van der Waals surface area contributed by atoms with Gasteiger partial charge in [-0.2, -0.15) is 0 Å². The number of fused-ring (bicyclic) bond motifs is 2. The maximum atomic E-state index is 13.3. The molecule has 1 atom stereocenters. The Morgan fingerprint density at radius 2 is 1.80 bits per heavy atom. The summed E-state index contributed by atoms with van der Waals surface area (Å²) in [4.78, 5) is 40.7. The zero-order valence-corrected chi connectivity index (χ0v) is 16.7. The molecule has 8 nitrogen and oxygen atoms in total. The molecule has 0 bridgehead atoms. The molecule has 0 fully saturated rings. The molecule has 0 saturated heterocycles. The van der Waals surface area contributed by atoms with Gasteiger partial charge in [-0.25, -0.2) is 0 Å². The number of hydrogen-bond donors (Lipinski definition) is 0. The van der Waals surface area contributed by atoms with Gasteiger partial charge in [-0.1, -0.05) is 12.1 Å². The summed E-state index contributed by atoms with van der Waals surface area (Å²) in [5.74, 6) is -0.290. The second-order valence-corrected chi connectivity index (χ2v) is 7.58. The van der Waals surface area contributed by atoms with Gasteiger partial charge >= 0.3 is 0 Å². The maximum absolute atomic E-state index is 13.3. The van der Waals surface area contributed by atoms with Gasteiger partial charge in [0.05, 0.1) is 21.9 Å². The molecule has 2 heterocycles. The molecule has 0 unspecified atom stereocenters. The zero-order valence-electron chi connectivity index (χ0n) is 16.7. The van der Waals surface area contributed by atoms with Crippen molar-refractivity contribution in [1.82, 2.24) is 9.80 Å². The third-order valence-electron chi connectivity index (χ3n) is 5.30. The molecule has 1 aromatic heterocycles. The topological polar surface area (TPSA) is 96.9 Å². The second-order valence-electron chi connectivity index (χ2n) is 7.58. The minimum absolute atomic E-state index is 0.0481. The number of hydrogen-bond acceptors (Lipinski definition) is 6. The predicted molar refractivity (Wildman–Crippen MR) is 112 cm³/mol. The molecule has 0 saturated carbocycles. The summed E-state index contributed by atoms with van der Waals surface area (Å²) in [7, 11) is 3.90. The van der Waals surface area contributed by atoms with E-state index in [9.17, 15) is 19.7 Å². The fourth-order valence-corrected chi connectivity index (χ4v) is 3.88. The van der Waals surface area contributed by atoms with Crippen LogP contribution in [0.2, 0.25) is 0 Å². The number of benzene rings is 2. The first-order valence-electron chi connectivity index (χ1n) is 9.64. The van der Waals surface area contributed by atoms with E-state index >= 15 is 0 Å². The molecule has 0 N–H and O–H groups in total. The Labute approximate surface area is 172 Å². The molecule has 1 aliphatic heterocycles. The normalized spacial score (nSPS) is 15.8. The Hall–Kier alpha value is -3.52. The molecular formula is C22H21N3O5. The van der Waals surface area contributed by atoms with Crippen LogP contribution in [0, 0.1) is 10.1 Å². The second kappa shape index (κ2) is 7.72. The first-order valence-corrected chi connectivity index (χ1v) is 9.64. The third-order valence-corrected chi connectivity index (χ3v) is 5.30. The monoisotopic (exact) mass is 407 g/mol. The van der Waals surface area contributed by atoms with Gasteiger partial charge in [0.1, 0.15) is 5.58 Å². The Balaban J connectivity index is 1.85. The number of nitro benzene ring substituents is 1. The van der Waals surface area contributed by atoms with E-state index in [1.807, 2.05) is 19.0 Å². The summed E-state index contributed by atoms with van der Waals surface area (Å²) in [5.41, 5.74) is 0.997. The van der Waals surface area contributed by atoms with Crippen molar-refractivity contribution in [2.75, 3.05) is 27.2 Å². The molecule has 1 amide bonds. The molecular weight excluding hydrogens is 386 g/mol. The lowest BCUT2D eigenvalue weighted by atomic mass is 9.98. The summed E-state index contributed by atoms with van der Waals surface area (Å²) in [6, 6.07) is 12.2. The van der Waals surface area contributed by atoms with Crippen molar-refractivity contribution in [1.29, 1.82) is 0 Å². The molecule has 2 aromatic carbocycles. The van der Waals surface area contributed by atoms with Gasteiger partial charge in [-0.3, -0.25) is 19.7 Å². The lowest BCUT2D eigenvalue weighted by Gasteiger charge is -2.25. The highest BCUT2D eigenvalue weighted by atomic mass is 16.6. The molecule has 0 spiro atoms. The van der Waals surface area contributed by atoms with Crippen LogP contribution in [0.25, 0.3) is 11.0 Å². The summed E-state index contributed by atoms with van der Waals surface area (Å²) in [5, 5.41) is 11.4. The fourth-order valence-electron chi connectivity index (χ4n) is 3.88. The van der Waals surface area contributed by atoms with Gasteiger partial charge < -0.3 is 14.2 Å². The van der Waals surface area contributed by atoms with Crippen LogP contribution in [0.4, 0.5) is 5.69 Å². The van der Waals surface area contributed by atoms with Gasteiger partial charge in [-0.15, -0.1) is 0 Å². The van der Waals surface area contributed by atoms with Gasteiger partial charge in [0, 0.05) is 18.7 Å². The average molecular weight is 407 g/mol. The standard InChI is InChI=1S/C22H21N3O5/c1-23(2)12-5-13-24-19(14-8-10-15(11-9-14)25(28)29)18-20(26)16-6-3-4-7-17(16)30-21(18)22(24)27/h3-4,6-11,19H,5,12-13H2,1-2H3/t19-/m0/s1. The van der Waals surface area contributed by atoms with Crippen LogP contribution in [-0.4, -0.2) is 47.8 Å². The predicted octanol–water partition coefficient (Wildman–Crippen LogP) is 3.20. The van der Waals surface area contributed by atoms with Crippen molar-refractivity contribution in [2.24, 2.45) is 0 Å². The van der Waals surface area contributed by atoms with E-state index < -0.39 is 11.0 Å². The van der Waals surface area contributed by atoms with Gasteiger partial charge in [-0.05, 0) is 56.9 Å². The Morgan fingerprint density at radius 1 is 1.10 bits per heavy atom. The van der Waals surface area contributed by atoms with Gasteiger partial charge in [0.2, 0.25) is 5.76 Å². The van der Waals surface area contributed by atoms with Crippen molar-refractivity contribution < 1.29 is 14.1 Å². The quantitative estimate of drug-likeness (QED) is 0.460. The minimum Gasteiger partial charge on any atom is -0.450 e. The minimum atomic E-state index is -0.642. The number of amides is 1. The smallest absolute Gasteiger partial charge is 0.290 e. The molecule has 8 heteroatoms. The van der Waals surface area contributed by atoms with E-state index in [2.05, 4.69) is 0 Å². The molecule has 3 aromatic rings. The maximum Gasteiger partial charge on any atom is 0.290 e. The first-order chi connectivity index (χ1) is 14.4. The van der Waals surface area contributed by atoms with Crippen molar-refractivity contribution >= 4 is 22.6 Å². The Morgan fingerprint density at radius 3 is 2.47 bits per heavy atom. The van der Waals surface area contributed by atoms with E-state index in [1.165, 1.54) is 12.1 Å². The number of nitro groups is 1. The van der Waals surface area contributed by atoms with Gasteiger partial charge in [0.15, 0.2) is 5.43 Å². The van der Waals surface area contributed by atoms with Crippen molar-refractivity contribution in [3.8, 4) is 0 Å². The number of carbonyl (C=O) groups excluding carboxylic acids is 1. The first kappa shape index (κ1) is 19.8. The Bertz CT molecular complexity index is 1180. The van der Waals surface area contributed by atoms with Crippen LogP contribution in [0.1, 0.15) is 34.1 Å². The highest BCUT2D eigenvalue weighted by molar-refractivity contribution is 5.99. The van der Waals surface area contributed by atoms with E-state index in [1.54, 1.807) is 41.3 Å². The van der Waals surface area contributed by atoms with Crippen molar-refractivity contribution in [3.63, 3.8) is 0 Å². The molecule has 4 rings (SSSR count). The van der Waals surface area contributed by atoms with Crippen LogP contribution < -0.4 is 5.43 Å². The van der Waals surface area contributed by atoms with Crippen molar-refractivity contribution in [2.45, 2.75) is 12.5 Å². The number of non-ortho nitro benzene ring substituents is 1. The summed E-state index contributed by atoms with van der Waals surface area (Å²) in [6.45, 7) is 1.20. The average Bonchev–Trinajstić information content (AvgIpc) is 3.00. The van der Waals surface area contributed by atoms with Crippen molar-refractivity contribution in [3.05, 3.63) is 85.8 Å². The van der Waals surface area contributed by atoms with Crippen LogP contribution in [0.5, 0.6) is 0 Å². The summed E-state index contributed by atoms with van der Waals surface area (Å²) in [6.07, 6.45) is 0.712. The molecule has 30 heavy (non-hydrogen) atoms. The van der Waals surface area contributed by atoms with Gasteiger partial charge in [0.25, 0.3) is 11.6 Å². The van der Waals surface area contributed by atoms with Crippen LogP contribution in [0.15, 0.2) is 57.7 Å². The highest BCUT2D eigenvalue weighted by Gasteiger charge is 2.42. The molecule has 1 aliphatic rings. The van der Waals surface area contributed by atoms with E-state index in [-0.39, 0.29) is 28.3 Å². The number of rotatable bonds is 6.